The smallest absolute Gasteiger partial charge is 0.256 e. The van der Waals surface area contributed by atoms with Crippen molar-refractivity contribution in [2.24, 2.45) is 0 Å². The van der Waals surface area contributed by atoms with E-state index in [2.05, 4.69) is 13.8 Å². The van der Waals surface area contributed by atoms with Gasteiger partial charge in [0.15, 0.2) is 0 Å². The van der Waals surface area contributed by atoms with Gasteiger partial charge < -0.3 is 0 Å². The molecule has 1 aromatic carbocycles. The molecule has 1 aromatic rings. The van der Waals surface area contributed by atoms with E-state index in [0.29, 0.717) is 19.0 Å². The predicted octanol–water partition coefficient (Wildman–Crippen LogP) is 2.12. The van der Waals surface area contributed by atoms with E-state index in [9.17, 15) is 8.42 Å². The Morgan fingerprint density at radius 3 is 2.39 bits per heavy atom. The Bertz CT molecular complexity index is 552. The fraction of sp³-hybridized carbons (Fsp3) is 0.538. The zero-order valence-corrected chi connectivity index (χ0v) is 12.2. The van der Waals surface area contributed by atoms with Crippen LogP contribution in [0, 0.1) is 6.92 Å². The molecule has 1 fully saturated rings. The van der Waals surface area contributed by atoms with E-state index >= 15 is 0 Å². The van der Waals surface area contributed by atoms with E-state index in [1.807, 2.05) is 25.1 Å². The lowest BCUT2D eigenvalue weighted by atomic mass is 9.98. The maximum absolute atomic E-state index is 12.3. The van der Waals surface area contributed by atoms with Gasteiger partial charge in [0.05, 0.1) is 5.69 Å². The highest BCUT2D eigenvalue weighted by Gasteiger charge is 2.35. The Morgan fingerprint density at radius 2 is 1.89 bits per heavy atom. The molecule has 100 valence electrons. The van der Waals surface area contributed by atoms with Crippen LogP contribution in [-0.2, 0) is 10.2 Å². The molecule has 0 aliphatic carbocycles. The predicted molar refractivity (Wildman–Crippen MR) is 74.2 cm³/mol. The minimum atomic E-state index is -3.33. The van der Waals surface area contributed by atoms with Crippen LogP contribution in [-0.4, -0.2) is 32.9 Å². The van der Waals surface area contributed by atoms with Gasteiger partial charge >= 0.3 is 10.2 Å². The van der Waals surface area contributed by atoms with Crippen molar-refractivity contribution in [2.75, 3.05) is 24.4 Å². The van der Waals surface area contributed by atoms with Gasteiger partial charge in [-0.15, -0.1) is 0 Å². The lowest BCUT2D eigenvalue weighted by molar-refractivity contribution is 0.511. The van der Waals surface area contributed by atoms with Crippen LogP contribution in [0.3, 0.4) is 0 Å². The molecular weight excluding hydrogens is 248 g/mol. The first kappa shape index (κ1) is 13.4. The molecule has 0 spiro atoms. The molecule has 18 heavy (non-hydrogen) atoms. The van der Waals surface area contributed by atoms with Crippen LogP contribution in [0.2, 0.25) is 0 Å². The van der Waals surface area contributed by atoms with Crippen LogP contribution in [0.5, 0.6) is 0 Å². The van der Waals surface area contributed by atoms with Crippen molar-refractivity contribution in [3.8, 4) is 0 Å². The highest BCUT2D eigenvalue weighted by molar-refractivity contribution is 7.90. The van der Waals surface area contributed by atoms with Gasteiger partial charge in [0.1, 0.15) is 0 Å². The number of para-hydroxylation sites is 1. The van der Waals surface area contributed by atoms with E-state index in [-0.39, 0.29) is 0 Å². The third-order valence-corrected chi connectivity index (χ3v) is 5.32. The molecule has 1 aliphatic heterocycles. The summed E-state index contributed by atoms with van der Waals surface area (Å²) in [5.41, 5.74) is 2.96. The largest absolute Gasteiger partial charge is 0.303 e. The van der Waals surface area contributed by atoms with Crippen molar-refractivity contribution >= 4 is 15.9 Å². The van der Waals surface area contributed by atoms with Crippen LogP contribution < -0.4 is 4.31 Å². The number of hydrogen-bond donors (Lipinski definition) is 0. The summed E-state index contributed by atoms with van der Waals surface area (Å²) in [5.74, 6) is 0.306. The van der Waals surface area contributed by atoms with E-state index in [4.69, 9.17) is 0 Å². The topological polar surface area (TPSA) is 40.6 Å². The Labute approximate surface area is 109 Å². The molecule has 0 bridgehead atoms. The molecule has 2 rings (SSSR count). The minimum Gasteiger partial charge on any atom is -0.256 e. The number of aryl methyl sites for hydroxylation is 1. The van der Waals surface area contributed by atoms with Crippen molar-refractivity contribution in [2.45, 2.75) is 26.7 Å². The lowest BCUT2D eigenvalue weighted by Gasteiger charge is -2.24. The van der Waals surface area contributed by atoms with Crippen molar-refractivity contribution in [3.05, 3.63) is 29.3 Å². The van der Waals surface area contributed by atoms with Gasteiger partial charge in [0, 0.05) is 20.1 Å². The zero-order valence-electron chi connectivity index (χ0n) is 11.3. The molecule has 0 unspecified atom stereocenters. The molecule has 5 heteroatoms. The third kappa shape index (κ3) is 2.01. The number of benzene rings is 1. The summed E-state index contributed by atoms with van der Waals surface area (Å²) in [6.07, 6.45) is 0. The monoisotopic (exact) mass is 268 g/mol. The molecule has 1 aliphatic rings. The molecule has 0 N–H and O–H groups in total. The van der Waals surface area contributed by atoms with Crippen molar-refractivity contribution < 1.29 is 8.42 Å². The standard InChI is InChI=1S/C13H20N2O2S/c1-10(2)12-7-5-6-11(3)13(12)15-9-8-14(4)18(15,16)17/h5-7,10H,8-9H2,1-4H3. The number of likely N-dealkylation sites (N-methyl/N-ethyl adjacent to an activating group) is 1. The van der Waals surface area contributed by atoms with E-state index in [1.54, 1.807) is 7.05 Å². The number of hydrogen-bond acceptors (Lipinski definition) is 2. The van der Waals surface area contributed by atoms with Crippen LogP contribution >= 0.6 is 0 Å². The second kappa shape index (κ2) is 4.55. The van der Waals surface area contributed by atoms with Crippen LogP contribution in [0.1, 0.15) is 30.9 Å². The van der Waals surface area contributed by atoms with Gasteiger partial charge in [0.2, 0.25) is 0 Å². The summed E-state index contributed by atoms with van der Waals surface area (Å²) < 4.78 is 27.5. The second-order valence-corrected chi connectivity index (χ2v) is 7.03. The normalized spacial score (nSPS) is 19.7. The van der Waals surface area contributed by atoms with Crippen LogP contribution in [0.25, 0.3) is 0 Å². The average molecular weight is 268 g/mol. The van der Waals surface area contributed by atoms with Gasteiger partial charge in [-0.2, -0.15) is 12.7 Å². The Hall–Kier alpha value is -1.07. The summed E-state index contributed by atoms with van der Waals surface area (Å²) in [6, 6.07) is 5.97. The van der Waals surface area contributed by atoms with Crippen LogP contribution in [0.15, 0.2) is 18.2 Å². The Kier molecular flexibility index (Phi) is 3.38. The van der Waals surface area contributed by atoms with E-state index < -0.39 is 10.2 Å². The summed E-state index contributed by atoms with van der Waals surface area (Å²) in [6.45, 7) is 7.22. The first-order chi connectivity index (χ1) is 8.35. The highest BCUT2D eigenvalue weighted by atomic mass is 32.2. The zero-order chi connectivity index (χ0) is 13.5. The summed E-state index contributed by atoms with van der Waals surface area (Å²) in [4.78, 5) is 0. The SMILES string of the molecule is Cc1cccc(C(C)C)c1N1CCN(C)S1(=O)=O. The van der Waals surface area contributed by atoms with E-state index in [1.165, 1.54) is 8.61 Å². The molecule has 0 amide bonds. The average Bonchev–Trinajstić information content (AvgIpc) is 2.54. The first-order valence-corrected chi connectivity index (χ1v) is 7.59. The van der Waals surface area contributed by atoms with Crippen LogP contribution in [0.4, 0.5) is 5.69 Å². The molecule has 0 aromatic heterocycles. The van der Waals surface area contributed by atoms with Crippen molar-refractivity contribution in [1.82, 2.24) is 4.31 Å². The Balaban J connectivity index is 2.59. The van der Waals surface area contributed by atoms with Gasteiger partial charge in [-0.25, -0.2) is 0 Å². The van der Waals surface area contributed by atoms with Crippen molar-refractivity contribution in [3.63, 3.8) is 0 Å². The maximum atomic E-state index is 12.3. The maximum Gasteiger partial charge on any atom is 0.303 e. The molecule has 0 saturated carbocycles. The summed E-state index contributed by atoms with van der Waals surface area (Å²) >= 11 is 0. The van der Waals surface area contributed by atoms with E-state index in [0.717, 1.165) is 16.8 Å². The minimum absolute atomic E-state index is 0.306. The molecular formula is C13H20N2O2S. The third-order valence-electron chi connectivity index (χ3n) is 3.43. The molecule has 1 heterocycles. The summed E-state index contributed by atoms with van der Waals surface area (Å²) in [5, 5.41) is 0. The Morgan fingerprint density at radius 1 is 1.22 bits per heavy atom. The molecule has 1 saturated heterocycles. The lowest BCUT2D eigenvalue weighted by Crippen LogP contribution is -2.32. The highest BCUT2D eigenvalue weighted by Crippen LogP contribution is 2.34. The number of rotatable bonds is 2. The van der Waals surface area contributed by atoms with Gasteiger partial charge in [-0.05, 0) is 24.0 Å². The van der Waals surface area contributed by atoms with Gasteiger partial charge in [-0.1, -0.05) is 32.0 Å². The molecule has 0 radical (unpaired) electrons. The van der Waals surface area contributed by atoms with Gasteiger partial charge in [0.25, 0.3) is 0 Å². The quantitative estimate of drug-likeness (QED) is 0.824. The van der Waals surface area contributed by atoms with Crippen molar-refractivity contribution in [1.29, 1.82) is 0 Å². The molecule has 4 nitrogen and oxygen atoms in total. The number of nitrogens with zero attached hydrogens (tertiary/aromatic N) is 2. The number of anilines is 1. The first-order valence-electron chi connectivity index (χ1n) is 6.19. The summed E-state index contributed by atoms with van der Waals surface area (Å²) in [7, 11) is -1.70. The second-order valence-electron chi connectivity index (χ2n) is 5.07. The molecule has 0 atom stereocenters. The fourth-order valence-electron chi connectivity index (χ4n) is 2.35. The fourth-order valence-corrected chi connectivity index (χ4v) is 3.79. The van der Waals surface area contributed by atoms with Gasteiger partial charge in [-0.3, -0.25) is 4.31 Å².